The van der Waals surface area contributed by atoms with Gasteiger partial charge in [0.1, 0.15) is 10.8 Å². The Balaban J connectivity index is 1.77. The standard InChI is InChI=1S/C20H20N2O8S/c1-10-8-11(22(26)27)4-6-13(10)30-9-15(23)21-18-17(20(25)29-3)16-12(19(24)28-2)5-7-14(16)31-18/h4,6,8,12H,5,7,9H2,1-3H3,(H,21,23). The number of hydrogen-bond donors (Lipinski definition) is 1. The smallest absolute Gasteiger partial charge is 0.341 e. The van der Waals surface area contributed by atoms with Gasteiger partial charge in [0.25, 0.3) is 11.6 Å². The van der Waals surface area contributed by atoms with Crippen LogP contribution in [0.1, 0.15) is 38.7 Å². The minimum Gasteiger partial charge on any atom is -0.483 e. The van der Waals surface area contributed by atoms with Crippen molar-refractivity contribution in [3.8, 4) is 5.75 Å². The highest BCUT2D eigenvalue weighted by molar-refractivity contribution is 7.17. The normalized spacial score (nSPS) is 14.5. The lowest BCUT2D eigenvalue weighted by Gasteiger charge is -2.12. The highest BCUT2D eigenvalue weighted by Crippen LogP contribution is 2.45. The lowest BCUT2D eigenvalue weighted by molar-refractivity contribution is -0.384. The summed E-state index contributed by atoms with van der Waals surface area (Å²) in [4.78, 5) is 48.1. The number of esters is 2. The summed E-state index contributed by atoms with van der Waals surface area (Å²) < 4.78 is 15.2. The number of hydrogen-bond acceptors (Lipinski definition) is 9. The molecule has 0 aliphatic heterocycles. The number of nitrogens with one attached hydrogen (secondary N) is 1. The van der Waals surface area contributed by atoms with Crippen molar-refractivity contribution in [3.63, 3.8) is 0 Å². The number of ether oxygens (including phenoxy) is 3. The molecule has 0 saturated heterocycles. The van der Waals surface area contributed by atoms with Crippen LogP contribution in [0, 0.1) is 17.0 Å². The highest BCUT2D eigenvalue weighted by atomic mass is 32.1. The number of fused-ring (bicyclic) bond motifs is 1. The van der Waals surface area contributed by atoms with Gasteiger partial charge in [0, 0.05) is 17.0 Å². The van der Waals surface area contributed by atoms with Crippen LogP contribution in [0.5, 0.6) is 5.75 Å². The van der Waals surface area contributed by atoms with Crippen LogP contribution >= 0.6 is 11.3 Å². The molecule has 1 aliphatic carbocycles. The molecule has 0 saturated carbocycles. The fourth-order valence-corrected chi connectivity index (χ4v) is 4.73. The molecule has 1 atom stereocenters. The van der Waals surface area contributed by atoms with Crippen molar-refractivity contribution in [2.24, 2.45) is 0 Å². The fraction of sp³-hybridized carbons (Fsp3) is 0.350. The first-order chi connectivity index (χ1) is 14.8. The molecule has 1 unspecified atom stereocenters. The molecule has 0 spiro atoms. The molecule has 1 aromatic heterocycles. The van der Waals surface area contributed by atoms with Gasteiger partial charge in [0.2, 0.25) is 0 Å². The third kappa shape index (κ3) is 4.50. The quantitative estimate of drug-likeness (QED) is 0.388. The molecule has 11 heteroatoms. The lowest BCUT2D eigenvalue weighted by atomic mass is 9.99. The van der Waals surface area contributed by atoms with Gasteiger partial charge in [0.05, 0.1) is 30.6 Å². The van der Waals surface area contributed by atoms with E-state index in [1.807, 2.05) is 0 Å². The van der Waals surface area contributed by atoms with Crippen molar-refractivity contribution in [1.82, 2.24) is 0 Å². The molecule has 1 aromatic carbocycles. The van der Waals surface area contributed by atoms with E-state index in [0.717, 1.165) is 4.88 Å². The Hall–Kier alpha value is -3.47. The first kappa shape index (κ1) is 22.2. The van der Waals surface area contributed by atoms with Gasteiger partial charge < -0.3 is 19.5 Å². The van der Waals surface area contributed by atoms with E-state index in [1.165, 1.54) is 43.8 Å². The Labute approximate surface area is 181 Å². The van der Waals surface area contributed by atoms with Gasteiger partial charge in [0.15, 0.2) is 6.61 Å². The molecule has 31 heavy (non-hydrogen) atoms. The van der Waals surface area contributed by atoms with Crippen molar-refractivity contribution in [2.75, 3.05) is 26.1 Å². The van der Waals surface area contributed by atoms with Crippen molar-refractivity contribution in [2.45, 2.75) is 25.7 Å². The summed E-state index contributed by atoms with van der Waals surface area (Å²) in [5.41, 5.74) is 1.11. The maximum Gasteiger partial charge on any atom is 0.341 e. The SMILES string of the molecule is COC(=O)c1c(NC(=O)COc2ccc([N+](=O)[O-])cc2C)sc2c1C(C(=O)OC)CC2. The number of amides is 1. The Kier molecular flexibility index (Phi) is 6.54. The number of nitro groups is 1. The van der Waals surface area contributed by atoms with E-state index in [-0.39, 0.29) is 22.9 Å². The molecule has 10 nitrogen and oxygen atoms in total. The van der Waals surface area contributed by atoms with Gasteiger partial charge in [-0.15, -0.1) is 11.3 Å². The first-order valence-corrected chi connectivity index (χ1v) is 10.1. The lowest BCUT2D eigenvalue weighted by Crippen LogP contribution is -2.22. The third-order valence-corrected chi connectivity index (χ3v) is 6.07. The molecular weight excluding hydrogens is 428 g/mol. The number of anilines is 1. The molecule has 0 fully saturated rings. The van der Waals surface area contributed by atoms with Gasteiger partial charge in [-0.2, -0.15) is 0 Å². The number of non-ortho nitro benzene ring substituents is 1. The Bertz CT molecular complexity index is 1060. The van der Waals surface area contributed by atoms with Crippen LogP contribution < -0.4 is 10.1 Å². The van der Waals surface area contributed by atoms with Gasteiger partial charge >= 0.3 is 11.9 Å². The summed E-state index contributed by atoms with van der Waals surface area (Å²) in [6.07, 6.45) is 1.10. The molecule has 0 bridgehead atoms. The molecular formula is C20H20N2O8S. The van der Waals surface area contributed by atoms with E-state index in [4.69, 9.17) is 14.2 Å². The van der Waals surface area contributed by atoms with Gasteiger partial charge in [-0.05, 0) is 37.0 Å². The van der Waals surface area contributed by atoms with Crippen molar-refractivity contribution >= 4 is 39.9 Å². The summed E-state index contributed by atoms with van der Waals surface area (Å²) in [6.45, 7) is 1.26. The summed E-state index contributed by atoms with van der Waals surface area (Å²) in [5, 5.41) is 13.7. The first-order valence-electron chi connectivity index (χ1n) is 9.26. The Morgan fingerprint density at radius 2 is 2.00 bits per heavy atom. The molecule has 0 radical (unpaired) electrons. The highest BCUT2D eigenvalue weighted by Gasteiger charge is 2.38. The number of aryl methyl sites for hydroxylation is 2. The van der Waals surface area contributed by atoms with Crippen LogP contribution in [0.3, 0.4) is 0 Å². The number of benzene rings is 1. The van der Waals surface area contributed by atoms with Crippen molar-refractivity contribution < 1.29 is 33.5 Å². The minimum absolute atomic E-state index is 0.0784. The molecule has 2 aromatic rings. The number of nitrogens with zero attached hydrogens (tertiary/aromatic N) is 1. The van der Waals surface area contributed by atoms with E-state index in [9.17, 15) is 24.5 Å². The molecule has 1 aliphatic rings. The number of carbonyl (C=O) groups is 3. The number of carbonyl (C=O) groups excluding carboxylic acids is 3. The van der Waals surface area contributed by atoms with Crippen LogP contribution in [0.4, 0.5) is 10.7 Å². The summed E-state index contributed by atoms with van der Waals surface area (Å²) >= 11 is 1.21. The van der Waals surface area contributed by atoms with E-state index in [2.05, 4.69) is 5.32 Å². The third-order valence-electron chi connectivity index (χ3n) is 4.89. The van der Waals surface area contributed by atoms with Crippen LogP contribution in [0.15, 0.2) is 18.2 Å². The second-order valence-corrected chi connectivity index (χ2v) is 7.90. The average Bonchev–Trinajstić information content (AvgIpc) is 3.30. The number of thiophene rings is 1. The maximum atomic E-state index is 12.5. The van der Waals surface area contributed by atoms with E-state index < -0.39 is 28.7 Å². The Morgan fingerprint density at radius 3 is 2.61 bits per heavy atom. The minimum atomic E-state index is -0.657. The predicted octanol–water partition coefficient (Wildman–Crippen LogP) is 2.97. The molecule has 1 N–H and O–H groups in total. The average molecular weight is 448 g/mol. The van der Waals surface area contributed by atoms with Crippen molar-refractivity contribution in [3.05, 3.63) is 49.9 Å². The predicted molar refractivity (Wildman–Crippen MR) is 111 cm³/mol. The summed E-state index contributed by atoms with van der Waals surface area (Å²) in [7, 11) is 2.51. The fourth-order valence-electron chi connectivity index (χ4n) is 3.45. The second kappa shape index (κ2) is 9.13. The van der Waals surface area contributed by atoms with Gasteiger partial charge in [-0.3, -0.25) is 19.7 Å². The summed E-state index contributed by atoms with van der Waals surface area (Å²) in [5.74, 6) is -1.90. The zero-order valence-corrected chi connectivity index (χ0v) is 17.9. The molecule has 1 heterocycles. The zero-order chi connectivity index (χ0) is 22.7. The van der Waals surface area contributed by atoms with Crippen LogP contribution in [-0.2, 0) is 25.5 Å². The number of nitro benzene ring substituents is 1. The molecule has 1 amide bonds. The van der Waals surface area contributed by atoms with Gasteiger partial charge in [-0.25, -0.2) is 4.79 Å². The zero-order valence-electron chi connectivity index (χ0n) is 17.1. The van der Waals surface area contributed by atoms with Crippen molar-refractivity contribution in [1.29, 1.82) is 0 Å². The molecule has 164 valence electrons. The second-order valence-electron chi connectivity index (χ2n) is 6.79. The maximum absolute atomic E-state index is 12.5. The summed E-state index contributed by atoms with van der Waals surface area (Å²) in [6, 6.07) is 4.05. The van der Waals surface area contributed by atoms with E-state index >= 15 is 0 Å². The van der Waals surface area contributed by atoms with Crippen LogP contribution in [0.25, 0.3) is 0 Å². The van der Waals surface area contributed by atoms with Gasteiger partial charge in [-0.1, -0.05) is 0 Å². The topological polar surface area (TPSA) is 134 Å². The molecule has 3 rings (SSSR count). The van der Waals surface area contributed by atoms with E-state index in [0.29, 0.717) is 29.7 Å². The van der Waals surface area contributed by atoms with Crippen LogP contribution in [-0.4, -0.2) is 43.6 Å². The number of rotatable bonds is 7. The van der Waals surface area contributed by atoms with Crippen LogP contribution in [0.2, 0.25) is 0 Å². The number of methoxy groups -OCH3 is 2. The Morgan fingerprint density at radius 1 is 1.26 bits per heavy atom. The van der Waals surface area contributed by atoms with E-state index in [1.54, 1.807) is 6.92 Å². The largest absolute Gasteiger partial charge is 0.483 e. The monoisotopic (exact) mass is 448 g/mol.